The zero-order valence-electron chi connectivity index (χ0n) is 23.4. The summed E-state index contributed by atoms with van der Waals surface area (Å²) in [6, 6.07) is 18.2. The van der Waals surface area contributed by atoms with E-state index in [1.54, 1.807) is 59.7 Å². The van der Waals surface area contributed by atoms with E-state index < -0.39 is 35.2 Å². The van der Waals surface area contributed by atoms with Gasteiger partial charge in [0.2, 0.25) is 5.91 Å². The van der Waals surface area contributed by atoms with Gasteiger partial charge in [-0.25, -0.2) is 19.1 Å². The summed E-state index contributed by atoms with van der Waals surface area (Å²) in [7, 11) is 0. The number of benzene rings is 3. The van der Waals surface area contributed by atoms with Crippen LogP contribution in [0.25, 0.3) is 33.5 Å². The molecule has 1 aliphatic carbocycles. The maximum absolute atomic E-state index is 13.6. The van der Waals surface area contributed by atoms with Crippen LogP contribution < -0.4 is 11.1 Å². The molecular weight excluding hydrogens is 508 g/mol. The second-order valence-corrected chi connectivity index (χ2v) is 11.8. The van der Waals surface area contributed by atoms with Gasteiger partial charge in [0, 0.05) is 11.3 Å². The van der Waals surface area contributed by atoms with Crippen molar-refractivity contribution in [3.63, 3.8) is 0 Å². The van der Waals surface area contributed by atoms with E-state index in [0.29, 0.717) is 39.2 Å². The van der Waals surface area contributed by atoms with Gasteiger partial charge in [0.1, 0.15) is 11.2 Å². The quantitative estimate of drug-likeness (QED) is 0.308. The van der Waals surface area contributed by atoms with Crippen LogP contribution in [0.5, 0.6) is 0 Å². The average molecular weight is 541 g/mol. The molecule has 1 aliphatic rings. The molecule has 9 heteroatoms. The van der Waals surface area contributed by atoms with Crippen molar-refractivity contribution >= 4 is 34.8 Å². The molecule has 0 fully saturated rings. The van der Waals surface area contributed by atoms with E-state index in [2.05, 4.69) is 5.32 Å². The van der Waals surface area contributed by atoms with Crippen LogP contribution in [0.15, 0.2) is 60.7 Å². The first-order valence-electron chi connectivity index (χ1n) is 13.0. The largest absolute Gasteiger partial charge is 0.444 e. The molecule has 0 spiro atoms. The molecule has 9 nitrogen and oxygen atoms in total. The van der Waals surface area contributed by atoms with Crippen LogP contribution in [0.3, 0.4) is 0 Å². The van der Waals surface area contributed by atoms with Crippen molar-refractivity contribution in [2.24, 2.45) is 5.73 Å². The molecule has 2 amide bonds. The molecule has 40 heavy (non-hydrogen) atoms. The molecule has 206 valence electrons. The van der Waals surface area contributed by atoms with Crippen molar-refractivity contribution in [3.05, 3.63) is 71.8 Å². The number of carbonyl (C=O) groups is 3. The van der Waals surface area contributed by atoms with E-state index in [0.717, 1.165) is 11.1 Å². The Morgan fingerprint density at radius 3 is 2.17 bits per heavy atom. The maximum Gasteiger partial charge on any atom is 0.420 e. The van der Waals surface area contributed by atoms with E-state index in [9.17, 15) is 14.4 Å². The van der Waals surface area contributed by atoms with Crippen molar-refractivity contribution in [3.8, 4) is 22.5 Å². The highest BCUT2D eigenvalue weighted by atomic mass is 16.6. The third-order valence-electron chi connectivity index (χ3n) is 6.33. The molecule has 4 aromatic rings. The summed E-state index contributed by atoms with van der Waals surface area (Å²) in [5.74, 6) is -0.989. The molecule has 1 heterocycles. The number of primary amides is 1. The minimum Gasteiger partial charge on any atom is -0.444 e. The van der Waals surface area contributed by atoms with Gasteiger partial charge in [-0.05, 0) is 88.1 Å². The number of ether oxygens (including phenoxy) is 2. The number of nitrogens with one attached hydrogen (secondary N) is 1. The van der Waals surface area contributed by atoms with Crippen LogP contribution in [0.1, 0.15) is 58.6 Å². The number of anilines is 1. The first-order valence-corrected chi connectivity index (χ1v) is 13.0. The Morgan fingerprint density at radius 2 is 1.50 bits per heavy atom. The van der Waals surface area contributed by atoms with Crippen LogP contribution in [0, 0.1) is 0 Å². The molecule has 3 N–H and O–H groups in total. The maximum atomic E-state index is 13.6. The first kappa shape index (κ1) is 26.9. The number of imidazole rings is 1. The highest BCUT2D eigenvalue weighted by Gasteiger charge is 2.37. The molecule has 5 rings (SSSR count). The molecule has 0 aliphatic heterocycles. The predicted molar refractivity (Wildman–Crippen MR) is 153 cm³/mol. The number of para-hydroxylation sites is 2. The fourth-order valence-electron chi connectivity index (χ4n) is 5.01. The monoisotopic (exact) mass is 540 g/mol. The van der Waals surface area contributed by atoms with Gasteiger partial charge >= 0.3 is 12.2 Å². The van der Waals surface area contributed by atoms with Gasteiger partial charge in [0.25, 0.3) is 0 Å². The zero-order valence-corrected chi connectivity index (χ0v) is 23.4. The summed E-state index contributed by atoms with van der Waals surface area (Å²) in [4.78, 5) is 44.0. The summed E-state index contributed by atoms with van der Waals surface area (Å²) in [5, 5.41) is 2.78. The van der Waals surface area contributed by atoms with Crippen LogP contribution in [-0.2, 0) is 14.3 Å². The lowest BCUT2D eigenvalue weighted by atomic mass is 9.94. The lowest BCUT2D eigenvalue weighted by Crippen LogP contribution is -2.28. The Hall–Kier alpha value is -4.66. The average Bonchev–Trinajstić information content (AvgIpc) is 3.37. The van der Waals surface area contributed by atoms with Gasteiger partial charge in [-0.3, -0.25) is 10.1 Å². The van der Waals surface area contributed by atoms with Crippen molar-refractivity contribution in [1.82, 2.24) is 9.55 Å². The summed E-state index contributed by atoms with van der Waals surface area (Å²) in [6.07, 6.45) is -1.27. The molecule has 3 aromatic carbocycles. The van der Waals surface area contributed by atoms with E-state index >= 15 is 0 Å². The fraction of sp³-hybridized carbons (Fsp3) is 0.290. The molecule has 0 radical (unpaired) electrons. The number of hydrogen-bond donors (Lipinski definition) is 2. The highest BCUT2D eigenvalue weighted by molar-refractivity contribution is 6.03. The number of aromatic nitrogens is 2. The molecule has 1 aromatic heterocycles. The fourth-order valence-corrected chi connectivity index (χ4v) is 5.01. The number of nitrogens with two attached hydrogens (primary N) is 1. The van der Waals surface area contributed by atoms with Crippen molar-refractivity contribution in [2.75, 3.05) is 5.32 Å². The third kappa shape index (κ3) is 5.02. The molecule has 0 unspecified atom stereocenters. The van der Waals surface area contributed by atoms with E-state index in [1.165, 1.54) is 4.57 Å². The van der Waals surface area contributed by atoms with Gasteiger partial charge in [-0.2, -0.15) is 0 Å². The summed E-state index contributed by atoms with van der Waals surface area (Å²) in [6.45, 7) is 10.7. The third-order valence-corrected chi connectivity index (χ3v) is 6.33. The Morgan fingerprint density at radius 1 is 0.850 bits per heavy atom. The van der Waals surface area contributed by atoms with Crippen molar-refractivity contribution in [1.29, 1.82) is 0 Å². The highest BCUT2D eigenvalue weighted by Crippen LogP contribution is 2.50. The molecule has 0 bridgehead atoms. The topological polar surface area (TPSA) is 126 Å². The van der Waals surface area contributed by atoms with Crippen LogP contribution in [0.2, 0.25) is 0 Å². The minimum atomic E-state index is -0.760. The lowest BCUT2D eigenvalue weighted by Gasteiger charge is -2.22. The van der Waals surface area contributed by atoms with E-state index in [1.807, 2.05) is 42.5 Å². The Bertz CT molecular complexity index is 1670. The second-order valence-electron chi connectivity index (χ2n) is 11.8. The lowest BCUT2D eigenvalue weighted by molar-refractivity contribution is -0.118. The van der Waals surface area contributed by atoms with Gasteiger partial charge in [-0.15, -0.1) is 0 Å². The molecule has 0 saturated heterocycles. The van der Waals surface area contributed by atoms with Gasteiger partial charge in [0.05, 0.1) is 17.0 Å². The van der Waals surface area contributed by atoms with E-state index in [4.69, 9.17) is 20.2 Å². The normalized spacial score (nSPS) is 14.4. The summed E-state index contributed by atoms with van der Waals surface area (Å²) >= 11 is 0. The first-order chi connectivity index (χ1) is 18.7. The summed E-state index contributed by atoms with van der Waals surface area (Å²) < 4.78 is 12.7. The Balaban J connectivity index is 1.80. The molecule has 1 atom stereocenters. The molecule has 0 saturated carbocycles. The number of hydrogen-bond acceptors (Lipinski definition) is 6. The number of rotatable bonds is 3. The van der Waals surface area contributed by atoms with E-state index in [-0.39, 0.29) is 0 Å². The summed E-state index contributed by atoms with van der Waals surface area (Å²) in [5.41, 5.74) is 9.30. The number of carbonyl (C=O) groups excluding carboxylic acids is 3. The van der Waals surface area contributed by atoms with Crippen LogP contribution in [-0.4, -0.2) is 38.8 Å². The van der Waals surface area contributed by atoms with Crippen LogP contribution in [0.4, 0.5) is 15.3 Å². The predicted octanol–water partition coefficient (Wildman–Crippen LogP) is 6.43. The standard InChI is InChI=1S/C31H32N4O5/c1-30(2,3)39-28(37)33-17-15-20-24(18-11-7-8-12-19(18)25(20)26(32)36)21(16-17)27-34-22-13-9-10-14-23(22)35(27)29(38)40-31(4,5)6/h7-16,25H,1-6H3,(H2,32,36)(H,33,37)/t25-/m1/s1. The molecular formula is C31H32N4O5. The zero-order chi connectivity index (χ0) is 29.0. The minimum absolute atomic E-state index is 0.305. The number of amides is 2. The number of nitrogens with zero attached hydrogens (tertiary/aromatic N) is 2. The number of fused-ring (bicyclic) bond motifs is 4. The Kier molecular flexibility index (Phi) is 6.40. The second kappa shape index (κ2) is 9.51. The van der Waals surface area contributed by atoms with Gasteiger partial charge < -0.3 is 15.2 Å². The van der Waals surface area contributed by atoms with Crippen molar-refractivity contribution in [2.45, 2.75) is 58.7 Å². The smallest absolute Gasteiger partial charge is 0.420 e. The van der Waals surface area contributed by atoms with Gasteiger partial charge in [0.15, 0.2) is 5.82 Å². The Labute approximate surface area is 232 Å². The SMILES string of the molecule is CC(C)(C)OC(=O)Nc1cc(-c2nc3ccccc3n2C(=O)OC(C)(C)C)c2c(c1)[C@H](C(N)=O)c1ccccc1-2. The van der Waals surface area contributed by atoms with Gasteiger partial charge in [-0.1, -0.05) is 36.4 Å². The van der Waals surface area contributed by atoms with Crippen LogP contribution >= 0.6 is 0 Å². The van der Waals surface area contributed by atoms with Crippen molar-refractivity contribution < 1.29 is 23.9 Å².